The van der Waals surface area contributed by atoms with Gasteiger partial charge in [-0.15, -0.1) is 0 Å². The van der Waals surface area contributed by atoms with Gasteiger partial charge >= 0.3 is 12.6 Å². The average molecular weight is 433 g/mol. The number of ether oxygens (including phenoxy) is 3. The van der Waals surface area contributed by atoms with Crippen molar-refractivity contribution in [1.29, 1.82) is 0 Å². The van der Waals surface area contributed by atoms with Crippen molar-refractivity contribution < 1.29 is 32.6 Å². The van der Waals surface area contributed by atoms with E-state index in [2.05, 4.69) is 11.7 Å². The summed E-state index contributed by atoms with van der Waals surface area (Å²) in [7, 11) is 2.95. The Balaban J connectivity index is 1.86. The summed E-state index contributed by atoms with van der Waals surface area (Å²) in [5.74, 6) is -1.06. The molecule has 0 heterocycles. The maximum Gasteiger partial charge on any atom is 0.387 e. The summed E-state index contributed by atoms with van der Waals surface area (Å²) in [6.45, 7) is -0.891. The van der Waals surface area contributed by atoms with Crippen molar-refractivity contribution in [2.45, 2.75) is 26.5 Å². The number of esters is 1. The van der Waals surface area contributed by atoms with Crippen LogP contribution in [0, 0.1) is 0 Å². The molecule has 6 nitrogen and oxygen atoms in total. The van der Waals surface area contributed by atoms with Crippen LogP contribution in [0.1, 0.15) is 23.6 Å². The molecule has 31 heavy (non-hydrogen) atoms. The number of alkyl halides is 2. The van der Waals surface area contributed by atoms with E-state index in [0.717, 1.165) is 18.1 Å². The minimum absolute atomic E-state index is 0.0968. The third-order valence-corrected chi connectivity index (χ3v) is 4.43. The van der Waals surface area contributed by atoms with Crippen LogP contribution < -0.4 is 9.47 Å². The molecule has 166 valence electrons. The van der Waals surface area contributed by atoms with Crippen LogP contribution in [0.25, 0.3) is 6.08 Å². The second-order valence-electron chi connectivity index (χ2n) is 6.65. The lowest BCUT2D eigenvalue weighted by Gasteiger charge is -2.17. The summed E-state index contributed by atoms with van der Waals surface area (Å²) in [4.78, 5) is 25.6. The van der Waals surface area contributed by atoms with Crippen LogP contribution in [0.3, 0.4) is 0 Å². The van der Waals surface area contributed by atoms with E-state index < -0.39 is 19.2 Å². The third-order valence-electron chi connectivity index (χ3n) is 4.43. The van der Waals surface area contributed by atoms with Gasteiger partial charge in [-0.25, -0.2) is 4.79 Å². The largest absolute Gasteiger partial charge is 0.493 e. The highest BCUT2D eigenvalue weighted by molar-refractivity contribution is 5.89. The van der Waals surface area contributed by atoms with Crippen LogP contribution in [0.4, 0.5) is 8.78 Å². The van der Waals surface area contributed by atoms with Gasteiger partial charge in [0.1, 0.15) is 0 Å². The first-order valence-corrected chi connectivity index (χ1v) is 9.61. The Morgan fingerprint density at radius 2 is 1.74 bits per heavy atom. The number of likely N-dealkylation sites (N-methyl/N-ethyl adjacent to an activating group) is 1. The molecule has 0 unspecified atom stereocenters. The zero-order chi connectivity index (χ0) is 22.8. The molecule has 0 aromatic heterocycles. The van der Waals surface area contributed by atoms with Gasteiger partial charge in [0.2, 0.25) is 0 Å². The van der Waals surface area contributed by atoms with Crippen molar-refractivity contribution in [1.82, 2.24) is 4.90 Å². The number of nitrogens with zero attached hydrogens (tertiary/aromatic N) is 1. The summed E-state index contributed by atoms with van der Waals surface area (Å²) in [5, 5.41) is 0. The van der Waals surface area contributed by atoms with Crippen LogP contribution in [0.15, 0.2) is 48.5 Å². The standard InChI is InChI=1S/C23H25F2NO5/c1-4-16-5-7-18(8-6-16)14-26(2)21(27)15-30-22(28)12-10-17-9-11-19(31-23(24)25)20(13-17)29-3/h5-13,23H,4,14-15H2,1-3H3/b12-10+. The monoisotopic (exact) mass is 433 g/mol. The Bertz CT molecular complexity index is 913. The first kappa shape index (κ1) is 23.9. The maximum atomic E-state index is 12.4. The predicted molar refractivity (Wildman–Crippen MR) is 112 cm³/mol. The number of aryl methyl sites for hydroxylation is 1. The second-order valence-corrected chi connectivity index (χ2v) is 6.65. The number of halogens is 2. The molecule has 0 radical (unpaired) electrons. The van der Waals surface area contributed by atoms with Crippen LogP contribution in [0.2, 0.25) is 0 Å². The van der Waals surface area contributed by atoms with Gasteiger partial charge in [0.25, 0.3) is 5.91 Å². The Labute approximate surface area is 180 Å². The van der Waals surface area contributed by atoms with E-state index in [0.29, 0.717) is 12.1 Å². The van der Waals surface area contributed by atoms with Gasteiger partial charge in [0.15, 0.2) is 18.1 Å². The minimum Gasteiger partial charge on any atom is -0.493 e. The molecule has 0 saturated carbocycles. The van der Waals surface area contributed by atoms with Gasteiger partial charge in [-0.3, -0.25) is 4.79 Å². The lowest BCUT2D eigenvalue weighted by molar-refractivity contribution is -0.147. The molecule has 0 spiro atoms. The molecule has 8 heteroatoms. The first-order chi connectivity index (χ1) is 14.8. The van der Waals surface area contributed by atoms with Gasteiger partial charge in [-0.05, 0) is 41.3 Å². The van der Waals surface area contributed by atoms with Crippen molar-refractivity contribution in [2.75, 3.05) is 20.8 Å². The van der Waals surface area contributed by atoms with Crippen molar-refractivity contribution in [3.05, 3.63) is 65.2 Å². The zero-order valence-electron chi connectivity index (χ0n) is 17.6. The molecule has 0 aliphatic rings. The number of rotatable bonds is 10. The highest BCUT2D eigenvalue weighted by Crippen LogP contribution is 2.29. The average Bonchev–Trinajstić information content (AvgIpc) is 2.76. The number of hydrogen-bond acceptors (Lipinski definition) is 5. The highest BCUT2D eigenvalue weighted by atomic mass is 19.3. The number of carbonyl (C=O) groups is 2. The van der Waals surface area contributed by atoms with Gasteiger partial charge in [-0.2, -0.15) is 8.78 Å². The van der Waals surface area contributed by atoms with Gasteiger partial charge < -0.3 is 19.1 Å². The molecule has 1 amide bonds. The van der Waals surface area contributed by atoms with Crippen LogP contribution >= 0.6 is 0 Å². The summed E-state index contributed by atoms with van der Waals surface area (Å²) < 4.78 is 39.1. The Morgan fingerprint density at radius 3 is 2.35 bits per heavy atom. The van der Waals surface area contributed by atoms with E-state index in [-0.39, 0.29) is 17.4 Å². The summed E-state index contributed by atoms with van der Waals surface area (Å²) >= 11 is 0. The summed E-state index contributed by atoms with van der Waals surface area (Å²) in [6.07, 6.45) is 3.50. The predicted octanol–water partition coefficient (Wildman–Crippen LogP) is 4.07. The van der Waals surface area contributed by atoms with Gasteiger partial charge in [-0.1, -0.05) is 37.3 Å². The smallest absolute Gasteiger partial charge is 0.387 e. The summed E-state index contributed by atoms with van der Waals surface area (Å²) in [6, 6.07) is 12.2. The van der Waals surface area contributed by atoms with Crippen LogP contribution in [-0.2, 0) is 27.3 Å². The molecule has 0 saturated heterocycles. The van der Waals surface area contributed by atoms with E-state index in [4.69, 9.17) is 9.47 Å². The third kappa shape index (κ3) is 7.73. The number of amides is 1. The van der Waals surface area contributed by atoms with Crippen LogP contribution in [0.5, 0.6) is 11.5 Å². The van der Waals surface area contributed by atoms with E-state index in [1.54, 1.807) is 7.05 Å². The number of benzene rings is 2. The van der Waals surface area contributed by atoms with Gasteiger partial charge in [0, 0.05) is 19.7 Å². The molecule has 2 aromatic rings. The fraction of sp³-hybridized carbons (Fsp3) is 0.304. The molecule has 2 aromatic carbocycles. The Kier molecular flexibility index (Phi) is 8.99. The second kappa shape index (κ2) is 11.7. The Morgan fingerprint density at radius 1 is 1.06 bits per heavy atom. The molecule has 0 aliphatic heterocycles. The van der Waals surface area contributed by atoms with Crippen LogP contribution in [-0.4, -0.2) is 44.2 Å². The van der Waals surface area contributed by atoms with E-state index in [1.807, 2.05) is 24.3 Å². The van der Waals surface area contributed by atoms with E-state index >= 15 is 0 Å². The fourth-order valence-corrected chi connectivity index (χ4v) is 2.68. The number of hydrogen-bond donors (Lipinski definition) is 0. The fourth-order valence-electron chi connectivity index (χ4n) is 2.68. The van der Waals surface area contributed by atoms with Crippen molar-refractivity contribution in [2.24, 2.45) is 0 Å². The van der Waals surface area contributed by atoms with E-state index in [9.17, 15) is 18.4 Å². The molecular weight excluding hydrogens is 408 g/mol. The topological polar surface area (TPSA) is 65.1 Å². The molecule has 0 N–H and O–H groups in total. The summed E-state index contributed by atoms with van der Waals surface area (Å²) in [5.41, 5.74) is 2.70. The molecule has 0 atom stereocenters. The molecular formula is C23H25F2NO5. The lowest BCUT2D eigenvalue weighted by Crippen LogP contribution is -2.30. The zero-order valence-corrected chi connectivity index (χ0v) is 17.6. The van der Waals surface area contributed by atoms with E-state index in [1.165, 1.54) is 41.8 Å². The van der Waals surface area contributed by atoms with Crippen molar-refractivity contribution >= 4 is 18.0 Å². The molecule has 0 bridgehead atoms. The Hall–Kier alpha value is -3.42. The normalized spacial score (nSPS) is 10.9. The van der Waals surface area contributed by atoms with Crippen molar-refractivity contribution in [3.8, 4) is 11.5 Å². The SMILES string of the molecule is CCc1ccc(CN(C)C(=O)COC(=O)/C=C/c2ccc(OC(F)F)c(OC)c2)cc1. The molecule has 2 rings (SSSR count). The lowest BCUT2D eigenvalue weighted by atomic mass is 10.1. The number of methoxy groups -OCH3 is 1. The highest BCUT2D eigenvalue weighted by Gasteiger charge is 2.12. The number of carbonyl (C=O) groups excluding carboxylic acids is 2. The van der Waals surface area contributed by atoms with Gasteiger partial charge in [0.05, 0.1) is 7.11 Å². The first-order valence-electron chi connectivity index (χ1n) is 9.61. The maximum absolute atomic E-state index is 12.4. The molecule has 0 fully saturated rings. The van der Waals surface area contributed by atoms with Crippen molar-refractivity contribution in [3.63, 3.8) is 0 Å². The minimum atomic E-state index is -2.98. The molecule has 0 aliphatic carbocycles. The quantitative estimate of drug-likeness (QED) is 0.417.